The Hall–Kier alpha value is -0.610. The van der Waals surface area contributed by atoms with Gasteiger partial charge in [-0.2, -0.15) is 0 Å². The highest BCUT2D eigenvalue weighted by Gasteiger charge is 2.32. The number of aliphatic carboxylic acids is 1. The molecule has 0 saturated heterocycles. The second-order valence-corrected chi connectivity index (χ2v) is 13.7. The van der Waals surface area contributed by atoms with E-state index in [9.17, 15) is 4.79 Å². The predicted octanol–water partition coefficient (Wildman–Crippen LogP) is 8.43. The van der Waals surface area contributed by atoms with Crippen LogP contribution in [-0.4, -0.2) is 22.3 Å². The van der Waals surface area contributed by atoms with E-state index in [1.54, 1.807) is 0 Å². The molecule has 4 nitrogen and oxygen atoms in total. The zero-order chi connectivity index (χ0) is 24.4. The Morgan fingerprint density at radius 1 is 0.600 bits per heavy atom. The summed E-state index contributed by atoms with van der Waals surface area (Å²) in [6, 6.07) is 0. The summed E-state index contributed by atoms with van der Waals surface area (Å²) < 4.78 is 0. The Labute approximate surface area is 188 Å². The van der Waals surface area contributed by atoms with Gasteiger partial charge in [-0.1, -0.05) is 75.2 Å². The number of carbonyl (C=O) groups is 1. The molecule has 0 atom stereocenters. The topological polar surface area (TPSA) is 55.8 Å². The second kappa shape index (κ2) is 12.4. The van der Waals surface area contributed by atoms with Crippen LogP contribution in [0.5, 0.6) is 0 Å². The van der Waals surface area contributed by atoms with E-state index >= 15 is 0 Å². The molecule has 0 radical (unpaired) electrons. The molecule has 0 aromatic heterocycles. The van der Waals surface area contributed by atoms with Crippen molar-refractivity contribution in [3.05, 3.63) is 0 Å². The predicted molar refractivity (Wildman–Crippen MR) is 129 cm³/mol. The van der Waals surface area contributed by atoms with Crippen molar-refractivity contribution in [1.82, 2.24) is 0 Å². The van der Waals surface area contributed by atoms with Crippen molar-refractivity contribution in [3.63, 3.8) is 0 Å². The molecule has 30 heavy (non-hydrogen) atoms. The van der Waals surface area contributed by atoms with Crippen molar-refractivity contribution >= 4 is 5.97 Å². The number of hydrogen-bond donors (Lipinski definition) is 1. The van der Waals surface area contributed by atoms with Crippen molar-refractivity contribution in [2.45, 2.75) is 146 Å². The molecule has 0 aliphatic heterocycles. The van der Waals surface area contributed by atoms with Crippen molar-refractivity contribution in [1.29, 1.82) is 0 Å². The monoisotopic (exact) mass is 430 g/mol. The van der Waals surface area contributed by atoms with Crippen LogP contribution in [0.4, 0.5) is 0 Å². The van der Waals surface area contributed by atoms with Gasteiger partial charge in [0.2, 0.25) is 0 Å². The number of rotatable bonds is 10. The first-order valence-corrected chi connectivity index (χ1v) is 11.6. The summed E-state index contributed by atoms with van der Waals surface area (Å²) in [5.74, 6) is -0.675. The van der Waals surface area contributed by atoms with E-state index in [-0.39, 0.29) is 22.0 Å². The minimum absolute atomic E-state index is 0.237. The number of unbranched alkanes of at least 4 members (excludes halogenated alkanes) is 2. The van der Waals surface area contributed by atoms with E-state index in [4.69, 9.17) is 14.9 Å². The van der Waals surface area contributed by atoms with Gasteiger partial charge in [-0.3, -0.25) is 4.79 Å². The molecule has 0 heterocycles. The van der Waals surface area contributed by atoms with Gasteiger partial charge in [-0.15, -0.1) is 0 Å². The van der Waals surface area contributed by atoms with Crippen LogP contribution in [0.15, 0.2) is 0 Å². The van der Waals surface area contributed by atoms with Crippen LogP contribution in [0.3, 0.4) is 0 Å². The zero-order valence-electron chi connectivity index (χ0n) is 22.6. The van der Waals surface area contributed by atoms with E-state index in [1.807, 2.05) is 0 Å². The first-order valence-electron chi connectivity index (χ1n) is 11.6. The third-order valence-electron chi connectivity index (χ3n) is 4.22. The Bertz CT molecular complexity index is 443. The zero-order valence-corrected chi connectivity index (χ0v) is 22.6. The van der Waals surface area contributed by atoms with Crippen LogP contribution >= 0.6 is 0 Å². The summed E-state index contributed by atoms with van der Waals surface area (Å²) in [6.07, 6.45) is 6.46. The summed E-state index contributed by atoms with van der Waals surface area (Å²) in [5.41, 5.74) is 0.353. The molecule has 0 saturated carbocycles. The van der Waals surface area contributed by atoms with Gasteiger partial charge < -0.3 is 5.11 Å². The van der Waals surface area contributed by atoms with E-state index in [0.29, 0.717) is 11.8 Å². The molecule has 0 rings (SSSR count). The van der Waals surface area contributed by atoms with Crippen LogP contribution in [-0.2, 0) is 14.6 Å². The molecule has 0 unspecified atom stereocenters. The maximum absolute atomic E-state index is 10.2. The van der Waals surface area contributed by atoms with Gasteiger partial charge in [-0.05, 0) is 69.6 Å². The average Bonchev–Trinajstić information content (AvgIpc) is 2.39. The van der Waals surface area contributed by atoms with Crippen LogP contribution in [0.1, 0.15) is 135 Å². The minimum Gasteiger partial charge on any atom is -0.481 e. The van der Waals surface area contributed by atoms with E-state index in [1.165, 1.54) is 6.42 Å². The number of carboxylic acids is 1. The fourth-order valence-electron chi connectivity index (χ4n) is 3.95. The summed E-state index contributed by atoms with van der Waals surface area (Å²) in [6.45, 7) is 28.3. The molecule has 0 fully saturated rings. The van der Waals surface area contributed by atoms with Crippen LogP contribution in [0.25, 0.3) is 0 Å². The maximum atomic E-state index is 10.2. The lowest BCUT2D eigenvalue weighted by atomic mass is 9.83. The first kappa shape index (κ1) is 31.6. The molecule has 182 valence electrons. The maximum Gasteiger partial charge on any atom is 0.303 e. The molecule has 0 spiro atoms. The molecule has 0 aliphatic rings. The standard InChI is InChI=1S/C16H34O2.C10H20O2/c1-13(2,3)11-15(7,8)17-18-16(9,10)12-14(4,5)6;1-10(2,3)8-6-4-5-7-9(11)12/h11-12H2,1-10H3;4-8H2,1-3H3,(H,11,12). The van der Waals surface area contributed by atoms with E-state index < -0.39 is 5.97 Å². The molecule has 0 amide bonds. The lowest BCUT2D eigenvalue weighted by Gasteiger charge is -2.36. The van der Waals surface area contributed by atoms with Gasteiger partial charge in [-0.25, -0.2) is 9.78 Å². The fraction of sp³-hybridized carbons (Fsp3) is 0.962. The van der Waals surface area contributed by atoms with Gasteiger partial charge in [0.05, 0.1) is 11.2 Å². The van der Waals surface area contributed by atoms with E-state index in [2.05, 4.69) is 90.0 Å². The minimum atomic E-state index is -0.675. The van der Waals surface area contributed by atoms with Crippen molar-refractivity contribution < 1.29 is 19.7 Å². The lowest BCUT2D eigenvalue weighted by Crippen LogP contribution is -2.37. The Morgan fingerprint density at radius 2 is 0.967 bits per heavy atom. The first-order chi connectivity index (χ1) is 13.0. The second-order valence-electron chi connectivity index (χ2n) is 13.7. The molecule has 1 N–H and O–H groups in total. The highest BCUT2D eigenvalue weighted by molar-refractivity contribution is 5.66. The quantitative estimate of drug-likeness (QED) is 0.214. The Kier molecular flexibility index (Phi) is 13.1. The van der Waals surface area contributed by atoms with Crippen LogP contribution in [0.2, 0.25) is 0 Å². The molecule has 4 heteroatoms. The Morgan fingerprint density at radius 3 is 1.23 bits per heavy atom. The molecule has 0 aromatic carbocycles. The summed E-state index contributed by atoms with van der Waals surface area (Å²) in [7, 11) is 0. The highest BCUT2D eigenvalue weighted by atomic mass is 17.2. The van der Waals surface area contributed by atoms with Crippen LogP contribution < -0.4 is 0 Å². The Balaban J connectivity index is 0. The van der Waals surface area contributed by atoms with Crippen LogP contribution in [0, 0.1) is 16.2 Å². The summed E-state index contributed by atoms with van der Waals surface area (Å²) in [4.78, 5) is 21.6. The van der Waals surface area contributed by atoms with Gasteiger partial charge in [0, 0.05) is 6.42 Å². The third-order valence-corrected chi connectivity index (χ3v) is 4.22. The van der Waals surface area contributed by atoms with Crippen molar-refractivity contribution in [2.75, 3.05) is 0 Å². The van der Waals surface area contributed by atoms with Crippen molar-refractivity contribution in [3.8, 4) is 0 Å². The normalized spacial score (nSPS) is 13.6. The SMILES string of the molecule is CC(C)(C)CC(C)(C)OOC(C)(C)CC(C)(C)C.CC(C)(C)CCCCCC(=O)O. The number of carboxylic acid groups (broad SMARTS) is 1. The summed E-state index contributed by atoms with van der Waals surface area (Å²) >= 11 is 0. The fourth-order valence-corrected chi connectivity index (χ4v) is 3.95. The number of hydrogen-bond acceptors (Lipinski definition) is 3. The smallest absolute Gasteiger partial charge is 0.303 e. The average molecular weight is 431 g/mol. The molecule has 0 aromatic rings. The van der Waals surface area contributed by atoms with Gasteiger partial charge in [0.15, 0.2) is 0 Å². The van der Waals surface area contributed by atoms with E-state index in [0.717, 1.165) is 32.1 Å². The van der Waals surface area contributed by atoms with Gasteiger partial charge in [0.25, 0.3) is 0 Å². The van der Waals surface area contributed by atoms with Gasteiger partial charge >= 0.3 is 5.97 Å². The third kappa shape index (κ3) is 25.4. The lowest BCUT2D eigenvalue weighted by molar-refractivity contribution is -0.407. The highest BCUT2D eigenvalue weighted by Crippen LogP contribution is 2.34. The summed E-state index contributed by atoms with van der Waals surface area (Å²) in [5, 5.41) is 8.37. The van der Waals surface area contributed by atoms with Gasteiger partial charge in [0.1, 0.15) is 0 Å². The molecule has 0 aliphatic carbocycles. The molecule has 0 bridgehead atoms. The largest absolute Gasteiger partial charge is 0.481 e. The molecular weight excluding hydrogens is 376 g/mol. The molecular formula is C26H54O4. The van der Waals surface area contributed by atoms with Crippen molar-refractivity contribution in [2.24, 2.45) is 16.2 Å².